The highest BCUT2D eigenvalue weighted by Gasteiger charge is 2.38. The molecule has 1 aliphatic heterocycles. The fraction of sp³-hybridized carbons (Fsp3) is 0.500. The monoisotopic (exact) mass is 326 g/mol. The summed E-state index contributed by atoms with van der Waals surface area (Å²) in [5, 5.41) is 15.9. The summed E-state index contributed by atoms with van der Waals surface area (Å²) in [5.41, 5.74) is 0.0882. The molecule has 0 bridgehead atoms. The largest absolute Gasteiger partial charge is 0.506 e. The second-order valence-corrected chi connectivity index (χ2v) is 5.95. The van der Waals surface area contributed by atoms with Crippen molar-refractivity contribution in [1.29, 1.82) is 0 Å². The molecule has 1 aromatic carbocycles. The standard InChI is InChI=1S/C14H19BrN2O2/c1-2-14(6-3-7-16-9-14)13(19)17-11-8-10(15)4-5-12(11)18/h4-5,8,16,18H,2-3,6-7,9H2,1H3,(H,17,19). The van der Waals surface area contributed by atoms with Gasteiger partial charge in [0.25, 0.3) is 0 Å². The number of nitrogens with one attached hydrogen (secondary N) is 2. The van der Waals surface area contributed by atoms with E-state index in [9.17, 15) is 9.90 Å². The van der Waals surface area contributed by atoms with Gasteiger partial charge in [-0.05, 0) is 44.0 Å². The smallest absolute Gasteiger partial charge is 0.231 e. The van der Waals surface area contributed by atoms with Crippen LogP contribution in [0.2, 0.25) is 0 Å². The highest BCUT2D eigenvalue weighted by molar-refractivity contribution is 9.10. The van der Waals surface area contributed by atoms with Gasteiger partial charge >= 0.3 is 0 Å². The molecule has 1 aliphatic rings. The van der Waals surface area contributed by atoms with Crippen LogP contribution >= 0.6 is 15.9 Å². The fourth-order valence-electron chi connectivity index (χ4n) is 2.49. The lowest BCUT2D eigenvalue weighted by Crippen LogP contribution is -2.47. The van der Waals surface area contributed by atoms with Gasteiger partial charge in [0.2, 0.25) is 5.91 Å². The summed E-state index contributed by atoms with van der Waals surface area (Å²) in [6.45, 7) is 3.70. The Balaban J connectivity index is 2.17. The second-order valence-electron chi connectivity index (χ2n) is 5.03. The number of benzene rings is 1. The van der Waals surface area contributed by atoms with E-state index in [-0.39, 0.29) is 17.1 Å². The average Bonchev–Trinajstić information content (AvgIpc) is 2.43. The van der Waals surface area contributed by atoms with Crippen molar-refractivity contribution in [3.8, 4) is 5.75 Å². The molecule has 1 fully saturated rings. The molecule has 1 saturated heterocycles. The van der Waals surface area contributed by atoms with Gasteiger partial charge in [-0.3, -0.25) is 4.79 Å². The van der Waals surface area contributed by atoms with E-state index in [0.29, 0.717) is 12.2 Å². The van der Waals surface area contributed by atoms with Crippen molar-refractivity contribution in [3.05, 3.63) is 22.7 Å². The molecule has 1 heterocycles. The van der Waals surface area contributed by atoms with Crippen LogP contribution in [-0.4, -0.2) is 24.1 Å². The van der Waals surface area contributed by atoms with Gasteiger partial charge in [0.05, 0.1) is 11.1 Å². The number of phenols is 1. The molecule has 1 amide bonds. The van der Waals surface area contributed by atoms with Crippen LogP contribution in [0.4, 0.5) is 5.69 Å². The Kier molecular flexibility index (Phi) is 4.47. The molecule has 1 unspecified atom stereocenters. The predicted molar refractivity (Wildman–Crippen MR) is 79.3 cm³/mol. The van der Waals surface area contributed by atoms with Gasteiger partial charge in [0.1, 0.15) is 5.75 Å². The molecule has 1 atom stereocenters. The summed E-state index contributed by atoms with van der Waals surface area (Å²) >= 11 is 3.34. The number of halogens is 1. The molecule has 5 heteroatoms. The van der Waals surface area contributed by atoms with E-state index in [1.165, 1.54) is 0 Å². The molecule has 4 nitrogen and oxygen atoms in total. The Labute approximate surface area is 121 Å². The van der Waals surface area contributed by atoms with Crippen molar-refractivity contribution in [3.63, 3.8) is 0 Å². The highest BCUT2D eigenvalue weighted by atomic mass is 79.9. The van der Waals surface area contributed by atoms with Crippen molar-refractivity contribution in [2.24, 2.45) is 5.41 Å². The number of hydrogen-bond donors (Lipinski definition) is 3. The molecular formula is C14H19BrN2O2. The zero-order chi connectivity index (χ0) is 13.9. The number of piperidine rings is 1. The number of rotatable bonds is 3. The molecule has 0 aliphatic carbocycles. The third-order valence-electron chi connectivity index (χ3n) is 3.84. The Bertz CT molecular complexity index is 471. The van der Waals surface area contributed by atoms with E-state index in [1.54, 1.807) is 18.2 Å². The molecule has 0 radical (unpaired) electrons. The first-order valence-electron chi connectivity index (χ1n) is 6.58. The maximum absolute atomic E-state index is 12.5. The minimum absolute atomic E-state index is 0.0180. The third-order valence-corrected chi connectivity index (χ3v) is 4.33. The molecule has 0 saturated carbocycles. The fourth-order valence-corrected chi connectivity index (χ4v) is 2.85. The lowest BCUT2D eigenvalue weighted by Gasteiger charge is -2.35. The minimum Gasteiger partial charge on any atom is -0.506 e. The maximum Gasteiger partial charge on any atom is 0.231 e. The lowest BCUT2D eigenvalue weighted by molar-refractivity contribution is -0.126. The van der Waals surface area contributed by atoms with Gasteiger partial charge < -0.3 is 15.7 Å². The average molecular weight is 327 g/mol. The molecule has 1 aromatic rings. The van der Waals surface area contributed by atoms with Crippen LogP contribution < -0.4 is 10.6 Å². The topological polar surface area (TPSA) is 61.4 Å². The van der Waals surface area contributed by atoms with E-state index in [1.807, 2.05) is 6.92 Å². The van der Waals surface area contributed by atoms with Crippen LogP contribution in [0.1, 0.15) is 26.2 Å². The van der Waals surface area contributed by atoms with E-state index >= 15 is 0 Å². The molecule has 104 valence electrons. The van der Waals surface area contributed by atoms with Crippen LogP contribution in [0.5, 0.6) is 5.75 Å². The number of phenolic OH excluding ortho intramolecular Hbond substituents is 1. The van der Waals surface area contributed by atoms with Crippen LogP contribution in [0, 0.1) is 5.41 Å². The van der Waals surface area contributed by atoms with E-state index < -0.39 is 0 Å². The number of hydrogen-bond acceptors (Lipinski definition) is 3. The molecule has 19 heavy (non-hydrogen) atoms. The maximum atomic E-state index is 12.5. The first-order chi connectivity index (χ1) is 9.07. The van der Waals surface area contributed by atoms with Gasteiger partial charge in [-0.2, -0.15) is 0 Å². The summed E-state index contributed by atoms with van der Waals surface area (Å²) in [7, 11) is 0. The minimum atomic E-state index is -0.368. The number of aromatic hydroxyl groups is 1. The second kappa shape index (κ2) is 5.92. The predicted octanol–water partition coefficient (Wildman–Crippen LogP) is 2.87. The van der Waals surface area contributed by atoms with Crippen LogP contribution in [0.15, 0.2) is 22.7 Å². The van der Waals surface area contributed by atoms with Gasteiger partial charge in [-0.15, -0.1) is 0 Å². The molecule has 0 spiro atoms. The van der Waals surface area contributed by atoms with Crippen molar-refractivity contribution in [2.75, 3.05) is 18.4 Å². The molecule has 3 N–H and O–H groups in total. The summed E-state index contributed by atoms with van der Waals surface area (Å²) < 4.78 is 0.827. The summed E-state index contributed by atoms with van der Waals surface area (Å²) in [6.07, 6.45) is 2.68. The van der Waals surface area contributed by atoms with Crippen molar-refractivity contribution in [1.82, 2.24) is 5.32 Å². The normalized spacial score (nSPS) is 23.1. The van der Waals surface area contributed by atoms with Gasteiger partial charge in [0, 0.05) is 11.0 Å². The SMILES string of the molecule is CCC1(C(=O)Nc2cc(Br)ccc2O)CCCNC1. The van der Waals surface area contributed by atoms with Crippen LogP contribution in [-0.2, 0) is 4.79 Å². The van der Waals surface area contributed by atoms with Gasteiger partial charge in [-0.1, -0.05) is 22.9 Å². The number of carbonyl (C=O) groups is 1. The van der Waals surface area contributed by atoms with Crippen molar-refractivity contribution >= 4 is 27.5 Å². The Morgan fingerprint density at radius 3 is 3.00 bits per heavy atom. The van der Waals surface area contributed by atoms with E-state index in [4.69, 9.17) is 0 Å². The Morgan fingerprint density at radius 2 is 2.37 bits per heavy atom. The first kappa shape index (κ1) is 14.3. The van der Waals surface area contributed by atoms with E-state index in [0.717, 1.165) is 30.3 Å². The lowest BCUT2D eigenvalue weighted by atomic mass is 9.77. The number of carbonyl (C=O) groups excluding carboxylic acids is 1. The number of amides is 1. The summed E-state index contributed by atoms with van der Waals surface area (Å²) in [6, 6.07) is 5.02. The molecular weight excluding hydrogens is 308 g/mol. The summed E-state index contributed by atoms with van der Waals surface area (Å²) in [4.78, 5) is 12.5. The third kappa shape index (κ3) is 3.09. The van der Waals surface area contributed by atoms with Gasteiger partial charge in [-0.25, -0.2) is 0 Å². The van der Waals surface area contributed by atoms with Crippen molar-refractivity contribution < 1.29 is 9.90 Å². The quantitative estimate of drug-likeness (QED) is 0.748. The number of anilines is 1. The van der Waals surface area contributed by atoms with Crippen LogP contribution in [0.25, 0.3) is 0 Å². The zero-order valence-electron chi connectivity index (χ0n) is 11.0. The Hall–Kier alpha value is -1.07. The zero-order valence-corrected chi connectivity index (χ0v) is 12.6. The van der Waals surface area contributed by atoms with Crippen LogP contribution in [0.3, 0.4) is 0 Å². The van der Waals surface area contributed by atoms with Crippen molar-refractivity contribution in [2.45, 2.75) is 26.2 Å². The first-order valence-corrected chi connectivity index (χ1v) is 7.37. The molecule has 2 rings (SSSR count). The summed E-state index contributed by atoms with van der Waals surface area (Å²) in [5.74, 6) is 0.0715. The Morgan fingerprint density at radius 1 is 1.58 bits per heavy atom. The van der Waals surface area contributed by atoms with E-state index in [2.05, 4.69) is 26.6 Å². The van der Waals surface area contributed by atoms with Gasteiger partial charge in [0.15, 0.2) is 0 Å². The molecule has 0 aromatic heterocycles. The highest BCUT2D eigenvalue weighted by Crippen LogP contribution is 2.34.